The van der Waals surface area contributed by atoms with Gasteiger partial charge in [-0.2, -0.15) is 0 Å². The standard InChI is InChI=1S/C26H35FN2O3/c1-32-21-6-8-25-23(16-21)22(10-13-28-25)24(27)7-4-19-12-15-29(14-11-18-2-3-18)17-20(19)5-9-26(30)31/h6,8,10,13,16,18-20,24H,2-5,7,9,11-12,14-15,17H2,1H3,(H,30,31)/t19-,20+,24?/m1/s1. The van der Waals surface area contributed by atoms with E-state index >= 15 is 4.39 Å². The Labute approximate surface area is 190 Å². The third-order valence-electron chi connectivity index (χ3n) is 7.37. The molecule has 1 aliphatic carbocycles. The number of carbonyl (C=O) groups is 1. The van der Waals surface area contributed by atoms with Crippen molar-refractivity contribution in [3.8, 4) is 5.75 Å². The molecule has 1 saturated heterocycles. The maximum Gasteiger partial charge on any atom is 0.303 e. The van der Waals surface area contributed by atoms with Crippen LogP contribution in [0.5, 0.6) is 5.75 Å². The molecule has 2 fully saturated rings. The van der Waals surface area contributed by atoms with E-state index in [1.165, 1.54) is 19.3 Å². The second kappa shape index (κ2) is 10.6. The highest BCUT2D eigenvalue weighted by atomic mass is 19.1. The summed E-state index contributed by atoms with van der Waals surface area (Å²) in [5.74, 6) is 1.59. The van der Waals surface area contributed by atoms with Crippen LogP contribution in [0.2, 0.25) is 0 Å². The summed E-state index contributed by atoms with van der Waals surface area (Å²) in [6.45, 7) is 3.13. The second-order valence-corrected chi connectivity index (χ2v) is 9.60. The fourth-order valence-corrected chi connectivity index (χ4v) is 5.21. The minimum atomic E-state index is -1.07. The van der Waals surface area contributed by atoms with Crippen molar-refractivity contribution < 1.29 is 19.0 Å². The van der Waals surface area contributed by atoms with Crippen LogP contribution in [0.4, 0.5) is 4.39 Å². The van der Waals surface area contributed by atoms with Crippen LogP contribution in [0.15, 0.2) is 30.5 Å². The van der Waals surface area contributed by atoms with Crippen molar-refractivity contribution in [3.05, 3.63) is 36.0 Å². The van der Waals surface area contributed by atoms with Gasteiger partial charge in [0.25, 0.3) is 0 Å². The SMILES string of the molecule is COc1ccc2nccc(C(F)CC[C@@H]3CCN(CCC4CC4)C[C@@H]3CCC(=O)O)c2c1. The lowest BCUT2D eigenvalue weighted by Gasteiger charge is -2.39. The summed E-state index contributed by atoms with van der Waals surface area (Å²) in [5, 5.41) is 10.0. The number of halogens is 1. The average molecular weight is 443 g/mol. The fraction of sp³-hybridized carbons (Fsp3) is 0.615. The minimum Gasteiger partial charge on any atom is -0.497 e. The zero-order chi connectivity index (χ0) is 22.5. The predicted molar refractivity (Wildman–Crippen MR) is 124 cm³/mol. The van der Waals surface area contributed by atoms with Crippen molar-refractivity contribution in [1.29, 1.82) is 0 Å². The first-order chi connectivity index (χ1) is 15.5. The average Bonchev–Trinajstić information content (AvgIpc) is 3.64. The van der Waals surface area contributed by atoms with Crippen molar-refractivity contribution in [2.45, 2.75) is 57.5 Å². The number of ether oxygens (including phenoxy) is 1. The number of pyridine rings is 1. The highest BCUT2D eigenvalue weighted by molar-refractivity contribution is 5.83. The van der Waals surface area contributed by atoms with Crippen LogP contribution < -0.4 is 4.74 Å². The summed E-state index contributed by atoms with van der Waals surface area (Å²) in [5.41, 5.74) is 1.44. The molecule has 1 aromatic heterocycles. The molecule has 1 saturated carbocycles. The lowest BCUT2D eigenvalue weighted by atomic mass is 9.79. The molecule has 3 atom stereocenters. The van der Waals surface area contributed by atoms with Crippen molar-refractivity contribution in [1.82, 2.24) is 9.88 Å². The molecular formula is C26H35FN2O3. The van der Waals surface area contributed by atoms with Gasteiger partial charge in [0.1, 0.15) is 11.9 Å². The molecule has 0 amide bonds. The smallest absolute Gasteiger partial charge is 0.303 e. The maximum atomic E-state index is 15.4. The number of hydrogen-bond donors (Lipinski definition) is 1. The monoisotopic (exact) mass is 442 g/mol. The van der Waals surface area contributed by atoms with Gasteiger partial charge in [0.15, 0.2) is 0 Å². The molecule has 1 aromatic carbocycles. The number of rotatable bonds is 11. The molecule has 32 heavy (non-hydrogen) atoms. The van der Waals surface area contributed by atoms with Gasteiger partial charge in [-0.25, -0.2) is 4.39 Å². The van der Waals surface area contributed by atoms with Gasteiger partial charge < -0.3 is 14.7 Å². The van der Waals surface area contributed by atoms with Crippen LogP contribution >= 0.6 is 0 Å². The second-order valence-electron chi connectivity index (χ2n) is 9.60. The lowest BCUT2D eigenvalue weighted by molar-refractivity contribution is -0.137. The molecule has 5 nitrogen and oxygen atoms in total. The highest BCUT2D eigenvalue weighted by Gasteiger charge is 2.31. The van der Waals surface area contributed by atoms with E-state index in [9.17, 15) is 9.90 Å². The van der Waals surface area contributed by atoms with E-state index < -0.39 is 12.1 Å². The van der Waals surface area contributed by atoms with E-state index in [1.807, 2.05) is 18.2 Å². The number of carboxylic acid groups (broad SMARTS) is 1. The molecular weight excluding hydrogens is 407 g/mol. The predicted octanol–water partition coefficient (Wildman–Crippen LogP) is 5.64. The number of aromatic nitrogens is 1. The first-order valence-electron chi connectivity index (χ1n) is 12.0. The van der Waals surface area contributed by atoms with E-state index in [4.69, 9.17) is 4.74 Å². The Kier molecular flexibility index (Phi) is 7.61. The first kappa shape index (κ1) is 23.0. The Morgan fingerprint density at radius 1 is 1.22 bits per heavy atom. The van der Waals surface area contributed by atoms with E-state index in [2.05, 4.69) is 9.88 Å². The van der Waals surface area contributed by atoms with Crippen LogP contribution in [-0.2, 0) is 4.79 Å². The number of likely N-dealkylation sites (tertiary alicyclic amines) is 1. The highest BCUT2D eigenvalue weighted by Crippen LogP contribution is 2.37. The summed E-state index contributed by atoms with van der Waals surface area (Å²) >= 11 is 0. The van der Waals surface area contributed by atoms with Gasteiger partial charge in [0.05, 0.1) is 12.6 Å². The van der Waals surface area contributed by atoms with E-state index in [0.717, 1.165) is 49.3 Å². The van der Waals surface area contributed by atoms with Gasteiger partial charge >= 0.3 is 5.97 Å². The third kappa shape index (κ3) is 5.97. The summed E-state index contributed by atoms with van der Waals surface area (Å²) in [6.07, 6.45) is 7.76. The molecule has 0 bridgehead atoms. The number of carboxylic acids is 1. The van der Waals surface area contributed by atoms with E-state index in [1.54, 1.807) is 19.4 Å². The molecule has 1 unspecified atom stereocenters. The van der Waals surface area contributed by atoms with Crippen LogP contribution in [0, 0.1) is 17.8 Å². The third-order valence-corrected chi connectivity index (χ3v) is 7.37. The van der Waals surface area contributed by atoms with Crippen LogP contribution in [-0.4, -0.2) is 47.7 Å². The fourth-order valence-electron chi connectivity index (χ4n) is 5.21. The van der Waals surface area contributed by atoms with E-state index in [0.29, 0.717) is 36.0 Å². The molecule has 2 aliphatic rings. The number of fused-ring (bicyclic) bond motifs is 1. The lowest BCUT2D eigenvalue weighted by Crippen LogP contribution is -2.41. The Hall–Kier alpha value is -2.21. The van der Waals surface area contributed by atoms with Crippen molar-refractivity contribution in [2.75, 3.05) is 26.7 Å². The minimum absolute atomic E-state index is 0.200. The Bertz CT molecular complexity index is 917. The molecule has 4 rings (SSSR count). The van der Waals surface area contributed by atoms with Gasteiger partial charge in [-0.1, -0.05) is 12.8 Å². The summed E-state index contributed by atoms with van der Waals surface area (Å²) in [6, 6.07) is 7.34. The van der Waals surface area contributed by atoms with Crippen molar-refractivity contribution in [2.24, 2.45) is 17.8 Å². The zero-order valence-corrected chi connectivity index (χ0v) is 19.0. The number of alkyl halides is 1. The van der Waals surface area contributed by atoms with Crippen molar-refractivity contribution >= 4 is 16.9 Å². The Balaban J connectivity index is 1.39. The van der Waals surface area contributed by atoms with E-state index in [-0.39, 0.29) is 6.42 Å². The number of aliphatic carboxylic acids is 1. The molecule has 0 radical (unpaired) electrons. The molecule has 6 heteroatoms. The van der Waals surface area contributed by atoms with Crippen LogP contribution in [0.3, 0.4) is 0 Å². The van der Waals surface area contributed by atoms with Gasteiger partial charge in [-0.05, 0) is 92.8 Å². The number of hydrogen-bond acceptors (Lipinski definition) is 4. The zero-order valence-electron chi connectivity index (χ0n) is 19.0. The quantitative estimate of drug-likeness (QED) is 0.488. The Morgan fingerprint density at radius 2 is 2.06 bits per heavy atom. The van der Waals surface area contributed by atoms with Crippen molar-refractivity contribution in [3.63, 3.8) is 0 Å². The van der Waals surface area contributed by atoms with Crippen LogP contribution in [0.1, 0.15) is 63.1 Å². The number of piperidine rings is 1. The summed E-state index contributed by atoms with van der Waals surface area (Å²) < 4.78 is 20.7. The summed E-state index contributed by atoms with van der Waals surface area (Å²) in [7, 11) is 1.61. The van der Waals surface area contributed by atoms with Gasteiger partial charge in [-0.15, -0.1) is 0 Å². The molecule has 1 aliphatic heterocycles. The largest absolute Gasteiger partial charge is 0.497 e. The number of benzene rings is 1. The summed E-state index contributed by atoms with van der Waals surface area (Å²) in [4.78, 5) is 18.1. The Morgan fingerprint density at radius 3 is 2.81 bits per heavy atom. The van der Waals surface area contributed by atoms with Gasteiger partial charge in [-0.3, -0.25) is 9.78 Å². The normalized spacial score (nSPS) is 22.7. The molecule has 1 N–H and O–H groups in total. The topological polar surface area (TPSA) is 62.7 Å². The molecule has 0 spiro atoms. The molecule has 2 heterocycles. The maximum absolute atomic E-state index is 15.4. The number of methoxy groups -OCH3 is 1. The molecule has 2 aromatic rings. The first-order valence-corrected chi connectivity index (χ1v) is 12.0. The number of nitrogens with zero attached hydrogens (tertiary/aromatic N) is 2. The van der Waals surface area contributed by atoms with Crippen LogP contribution in [0.25, 0.3) is 10.9 Å². The molecule has 174 valence electrons. The van der Waals surface area contributed by atoms with Gasteiger partial charge in [0, 0.05) is 24.5 Å². The van der Waals surface area contributed by atoms with Gasteiger partial charge in [0.2, 0.25) is 0 Å².